The zero-order valence-electron chi connectivity index (χ0n) is 19.4. The topological polar surface area (TPSA) is 94.3 Å². The summed E-state index contributed by atoms with van der Waals surface area (Å²) in [5, 5.41) is 17.9. The standard InChI is InChI=1S/C25H29N5O3/c1-5-24-28-21-13-23(33-4)22(32-3)12-20(21)25(29-24)27-16(2)17-7-6-8-18(11-17)19-14-26-30(15-19)9-10-31/h6-8,11-16,31H,5,9-10H2,1-4H3,(H,27,28,29)/t16-/m1/s1. The predicted octanol–water partition coefficient (Wildman–Crippen LogP) is 4.24. The highest BCUT2D eigenvalue weighted by Gasteiger charge is 2.16. The van der Waals surface area contributed by atoms with Gasteiger partial charge in [-0.05, 0) is 30.2 Å². The fraction of sp³-hybridized carbons (Fsp3) is 0.320. The van der Waals surface area contributed by atoms with Gasteiger partial charge in [-0.1, -0.05) is 25.1 Å². The summed E-state index contributed by atoms with van der Waals surface area (Å²) in [7, 11) is 3.24. The Kier molecular flexibility index (Phi) is 6.74. The Morgan fingerprint density at radius 1 is 1.06 bits per heavy atom. The maximum Gasteiger partial charge on any atom is 0.162 e. The van der Waals surface area contributed by atoms with E-state index >= 15 is 0 Å². The Bertz CT molecular complexity index is 1250. The Morgan fingerprint density at radius 3 is 2.58 bits per heavy atom. The van der Waals surface area contributed by atoms with Crippen LogP contribution in [0.25, 0.3) is 22.0 Å². The maximum atomic E-state index is 9.14. The van der Waals surface area contributed by atoms with E-state index in [0.717, 1.165) is 45.7 Å². The number of benzene rings is 2. The third-order valence-electron chi connectivity index (χ3n) is 5.60. The van der Waals surface area contributed by atoms with Crippen LogP contribution < -0.4 is 14.8 Å². The van der Waals surface area contributed by atoms with Crippen LogP contribution in [-0.4, -0.2) is 45.7 Å². The van der Waals surface area contributed by atoms with E-state index in [1.54, 1.807) is 18.9 Å². The van der Waals surface area contributed by atoms with Crippen molar-refractivity contribution in [1.82, 2.24) is 19.7 Å². The van der Waals surface area contributed by atoms with Gasteiger partial charge in [-0.15, -0.1) is 0 Å². The Hall–Kier alpha value is -3.65. The Balaban J connectivity index is 1.67. The molecule has 0 bridgehead atoms. The number of aliphatic hydroxyl groups is 1. The molecule has 0 radical (unpaired) electrons. The summed E-state index contributed by atoms with van der Waals surface area (Å²) in [6, 6.07) is 12.1. The number of rotatable bonds is 9. The van der Waals surface area contributed by atoms with Crippen molar-refractivity contribution in [2.24, 2.45) is 0 Å². The minimum Gasteiger partial charge on any atom is -0.493 e. The molecule has 0 unspecified atom stereocenters. The number of hydrogen-bond donors (Lipinski definition) is 2. The number of nitrogens with one attached hydrogen (secondary N) is 1. The van der Waals surface area contributed by atoms with E-state index in [2.05, 4.69) is 40.5 Å². The van der Waals surface area contributed by atoms with Gasteiger partial charge < -0.3 is 19.9 Å². The molecule has 2 aromatic carbocycles. The van der Waals surface area contributed by atoms with Crippen LogP contribution in [0.2, 0.25) is 0 Å². The first-order valence-electron chi connectivity index (χ1n) is 11.0. The van der Waals surface area contributed by atoms with Crippen molar-refractivity contribution in [2.45, 2.75) is 32.9 Å². The van der Waals surface area contributed by atoms with Gasteiger partial charge in [0.25, 0.3) is 0 Å². The van der Waals surface area contributed by atoms with E-state index < -0.39 is 0 Å². The van der Waals surface area contributed by atoms with E-state index in [0.29, 0.717) is 18.0 Å². The molecule has 172 valence electrons. The van der Waals surface area contributed by atoms with Gasteiger partial charge >= 0.3 is 0 Å². The molecular formula is C25H29N5O3. The lowest BCUT2D eigenvalue weighted by Crippen LogP contribution is -2.10. The second-order valence-corrected chi connectivity index (χ2v) is 7.77. The molecule has 0 spiro atoms. The molecular weight excluding hydrogens is 418 g/mol. The molecule has 0 aliphatic heterocycles. The third-order valence-corrected chi connectivity index (χ3v) is 5.60. The molecule has 2 aromatic heterocycles. The lowest BCUT2D eigenvalue weighted by Gasteiger charge is -2.18. The number of aliphatic hydroxyl groups excluding tert-OH is 1. The van der Waals surface area contributed by atoms with E-state index in [-0.39, 0.29) is 12.6 Å². The molecule has 2 N–H and O–H groups in total. The summed E-state index contributed by atoms with van der Waals surface area (Å²) in [4.78, 5) is 9.44. The number of aryl methyl sites for hydroxylation is 1. The summed E-state index contributed by atoms with van der Waals surface area (Å²) in [5.41, 5.74) is 4.00. The first-order chi connectivity index (χ1) is 16.1. The fourth-order valence-corrected chi connectivity index (χ4v) is 3.79. The second kappa shape index (κ2) is 9.87. The molecule has 1 atom stereocenters. The number of ether oxygens (including phenoxy) is 2. The average Bonchev–Trinajstić information content (AvgIpc) is 3.32. The van der Waals surface area contributed by atoms with Gasteiger partial charge in [-0.3, -0.25) is 4.68 Å². The number of hydrogen-bond acceptors (Lipinski definition) is 7. The van der Waals surface area contributed by atoms with E-state index in [1.807, 2.05) is 37.5 Å². The summed E-state index contributed by atoms with van der Waals surface area (Å²) in [5.74, 6) is 2.79. The number of methoxy groups -OCH3 is 2. The minimum atomic E-state index is -0.00617. The molecule has 4 rings (SSSR count). The van der Waals surface area contributed by atoms with Crippen molar-refractivity contribution in [3.05, 3.63) is 60.2 Å². The van der Waals surface area contributed by atoms with Gasteiger partial charge in [-0.2, -0.15) is 5.10 Å². The van der Waals surface area contributed by atoms with E-state index in [9.17, 15) is 0 Å². The number of aromatic nitrogens is 4. The van der Waals surface area contributed by atoms with Crippen LogP contribution in [0.1, 0.15) is 31.3 Å². The van der Waals surface area contributed by atoms with Crippen LogP contribution in [0.4, 0.5) is 5.82 Å². The van der Waals surface area contributed by atoms with Crippen molar-refractivity contribution in [3.8, 4) is 22.6 Å². The zero-order chi connectivity index (χ0) is 23.4. The number of fused-ring (bicyclic) bond motifs is 1. The van der Waals surface area contributed by atoms with Crippen LogP contribution >= 0.6 is 0 Å². The predicted molar refractivity (Wildman–Crippen MR) is 129 cm³/mol. The van der Waals surface area contributed by atoms with Crippen molar-refractivity contribution < 1.29 is 14.6 Å². The van der Waals surface area contributed by atoms with Crippen LogP contribution in [0, 0.1) is 0 Å². The molecule has 0 amide bonds. The summed E-state index contributed by atoms with van der Waals surface area (Å²) in [6.45, 7) is 4.68. The quantitative estimate of drug-likeness (QED) is 0.396. The average molecular weight is 448 g/mol. The number of nitrogens with zero attached hydrogens (tertiary/aromatic N) is 4. The first-order valence-corrected chi connectivity index (χ1v) is 11.0. The van der Waals surface area contributed by atoms with Gasteiger partial charge in [0, 0.05) is 35.7 Å². The van der Waals surface area contributed by atoms with Gasteiger partial charge in [0.2, 0.25) is 0 Å². The summed E-state index contributed by atoms with van der Waals surface area (Å²) in [6.07, 6.45) is 4.48. The largest absolute Gasteiger partial charge is 0.493 e. The third kappa shape index (κ3) is 4.75. The van der Waals surface area contributed by atoms with Gasteiger partial charge in [0.15, 0.2) is 11.5 Å². The Labute approximate surface area is 193 Å². The smallest absolute Gasteiger partial charge is 0.162 e. The van der Waals surface area contributed by atoms with Gasteiger partial charge in [0.1, 0.15) is 11.6 Å². The highest BCUT2D eigenvalue weighted by atomic mass is 16.5. The highest BCUT2D eigenvalue weighted by Crippen LogP contribution is 2.35. The molecule has 8 nitrogen and oxygen atoms in total. The van der Waals surface area contributed by atoms with E-state index in [4.69, 9.17) is 19.6 Å². The number of anilines is 1. The molecule has 0 aliphatic carbocycles. The fourth-order valence-electron chi connectivity index (χ4n) is 3.79. The minimum absolute atomic E-state index is 0.00617. The van der Waals surface area contributed by atoms with Crippen LogP contribution in [-0.2, 0) is 13.0 Å². The van der Waals surface area contributed by atoms with Crippen LogP contribution in [0.5, 0.6) is 11.5 Å². The van der Waals surface area contributed by atoms with Crippen LogP contribution in [0.15, 0.2) is 48.8 Å². The second-order valence-electron chi connectivity index (χ2n) is 7.77. The summed E-state index contributed by atoms with van der Waals surface area (Å²) >= 11 is 0. The molecule has 0 aliphatic rings. The summed E-state index contributed by atoms with van der Waals surface area (Å²) < 4.78 is 12.7. The maximum absolute atomic E-state index is 9.14. The molecule has 4 aromatic rings. The molecule has 0 fully saturated rings. The molecule has 0 saturated carbocycles. The van der Waals surface area contributed by atoms with E-state index in [1.165, 1.54) is 0 Å². The van der Waals surface area contributed by atoms with Crippen LogP contribution in [0.3, 0.4) is 0 Å². The van der Waals surface area contributed by atoms with Gasteiger partial charge in [0.05, 0.1) is 39.1 Å². The monoisotopic (exact) mass is 447 g/mol. The lowest BCUT2D eigenvalue weighted by molar-refractivity contribution is 0.269. The van der Waals surface area contributed by atoms with Crippen molar-refractivity contribution in [1.29, 1.82) is 0 Å². The molecule has 2 heterocycles. The molecule has 8 heteroatoms. The highest BCUT2D eigenvalue weighted by molar-refractivity contribution is 5.92. The van der Waals surface area contributed by atoms with Crippen molar-refractivity contribution >= 4 is 16.7 Å². The molecule has 33 heavy (non-hydrogen) atoms. The normalized spacial score (nSPS) is 12.0. The SMILES string of the molecule is CCc1nc(N[C@H](C)c2cccc(-c3cnn(CCO)c3)c2)c2cc(OC)c(OC)cc2n1. The van der Waals surface area contributed by atoms with Crippen molar-refractivity contribution in [3.63, 3.8) is 0 Å². The molecule has 0 saturated heterocycles. The first kappa shape index (κ1) is 22.5. The zero-order valence-corrected chi connectivity index (χ0v) is 19.4. The van der Waals surface area contributed by atoms with Crippen molar-refractivity contribution in [2.75, 3.05) is 26.1 Å². The Morgan fingerprint density at radius 2 is 1.85 bits per heavy atom. The van der Waals surface area contributed by atoms with Gasteiger partial charge in [-0.25, -0.2) is 9.97 Å². The lowest BCUT2D eigenvalue weighted by atomic mass is 10.0.